The number of aromatic amines is 1. The molecule has 0 radical (unpaired) electrons. The molecule has 0 fully saturated rings. The zero-order valence-electron chi connectivity index (χ0n) is 14.1. The predicted molar refractivity (Wildman–Crippen MR) is 95.5 cm³/mol. The van der Waals surface area contributed by atoms with Crippen LogP contribution in [0.15, 0.2) is 44.9 Å². The number of rotatable bonds is 7. The third-order valence-corrected chi connectivity index (χ3v) is 3.82. The standard InChI is InChI=1S/C18H23N3O3/c1-3-4-5-9-12-19-13(2)15-16(22)20-18(24)21(17(15)23)14-10-7-6-8-11-14/h6-8,10-11,23H,3-5,9,12H2,1-2H3,(H,20,22,24). The summed E-state index contributed by atoms with van der Waals surface area (Å²) in [6.07, 6.45) is 4.31. The number of unbranched alkanes of at least 4 members (excludes halogenated alkanes) is 3. The number of aromatic hydroxyl groups is 1. The topological polar surface area (TPSA) is 87.4 Å². The molecule has 0 aliphatic carbocycles. The first kappa shape index (κ1) is 17.7. The second-order valence-electron chi connectivity index (χ2n) is 5.66. The van der Waals surface area contributed by atoms with Crippen molar-refractivity contribution in [1.82, 2.24) is 9.55 Å². The summed E-state index contributed by atoms with van der Waals surface area (Å²) in [6, 6.07) is 8.67. The summed E-state index contributed by atoms with van der Waals surface area (Å²) in [5, 5.41) is 10.5. The van der Waals surface area contributed by atoms with Crippen LogP contribution in [0.4, 0.5) is 0 Å². The van der Waals surface area contributed by atoms with Crippen molar-refractivity contribution in [2.75, 3.05) is 6.54 Å². The molecule has 0 saturated carbocycles. The second-order valence-corrected chi connectivity index (χ2v) is 5.66. The Morgan fingerprint density at radius 1 is 1.17 bits per heavy atom. The van der Waals surface area contributed by atoms with E-state index in [0.29, 0.717) is 17.9 Å². The molecular formula is C18H23N3O3. The van der Waals surface area contributed by atoms with Gasteiger partial charge in [-0.05, 0) is 25.5 Å². The molecule has 1 aromatic carbocycles. The minimum atomic E-state index is -0.678. The molecule has 0 atom stereocenters. The van der Waals surface area contributed by atoms with Gasteiger partial charge in [-0.1, -0.05) is 44.4 Å². The number of aromatic nitrogens is 2. The summed E-state index contributed by atoms with van der Waals surface area (Å²) in [6.45, 7) is 4.40. The minimum Gasteiger partial charge on any atom is -0.493 e. The van der Waals surface area contributed by atoms with E-state index in [1.807, 2.05) is 0 Å². The number of aliphatic imine (C=N–C) groups is 1. The lowest BCUT2D eigenvalue weighted by Gasteiger charge is -2.11. The van der Waals surface area contributed by atoms with Gasteiger partial charge < -0.3 is 5.11 Å². The van der Waals surface area contributed by atoms with Crippen LogP contribution < -0.4 is 11.2 Å². The van der Waals surface area contributed by atoms with Gasteiger partial charge in [0.05, 0.1) is 5.69 Å². The SMILES string of the molecule is CCCCCCN=C(C)c1c(O)n(-c2ccccc2)c(=O)[nH]c1=O. The van der Waals surface area contributed by atoms with E-state index in [0.717, 1.165) is 30.3 Å². The molecule has 0 spiro atoms. The van der Waals surface area contributed by atoms with Crippen LogP contribution in [0.1, 0.15) is 45.1 Å². The highest BCUT2D eigenvalue weighted by Crippen LogP contribution is 2.16. The number of nitrogens with zero attached hydrogens (tertiary/aromatic N) is 2. The Kier molecular flexibility index (Phi) is 6.12. The lowest BCUT2D eigenvalue weighted by atomic mass is 10.2. The molecule has 2 aromatic rings. The summed E-state index contributed by atoms with van der Waals surface area (Å²) >= 11 is 0. The predicted octanol–water partition coefficient (Wildman–Crippen LogP) is 2.62. The summed E-state index contributed by atoms with van der Waals surface area (Å²) in [5.74, 6) is -0.384. The lowest BCUT2D eigenvalue weighted by molar-refractivity contribution is 0.429. The smallest absolute Gasteiger partial charge is 0.335 e. The van der Waals surface area contributed by atoms with E-state index in [4.69, 9.17) is 0 Å². The molecule has 1 heterocycles. The van der Waals surface area contributed by atoms with Gasteiger partial charge >= 0.3 is 5.69 Å². The first-order chi connectivity index (χ1) is 11.6. The van der Waals surface area contributed by atoms with Gasteiger partial charge in [-0.25, -0.2) is 9.36 Å². The van der Waals surface area contributed by atoms with Gasteiger partial charge in [-0.3, -0.25) is 14.8 Å². The molecule has 2 N–H and O–H groups in total. The van der Waals surface area contributed by atoms with Gasteiger partial charge in [0.15, 0.2) is 0 Å². The molecular weight excluding hydrogens is 306 g/mol. The van der Waals surface area contributed by atoms with Gasteiger partial charge in [0, 0.05) is 12.3 Å². The van der Waals surface area contributed by atoms with Crippen LogP contribution in [0, 0.1) is 0 Å². The molecule has 6 nitrogen and oxygen atoms in total. The van der Waals surface area contributed by atoms with Crippen LogP contribution in [0.3, 0.4) is 0 Å². The maximum Gasteiger partial charge on any atom is 0.335 e. The molecule has 24 heavy (non-hydrogen) atoms. The summed E-state index contributed by atoms with van der Waals surface area (Å²) < 4.78 is 1.08. The van der Waals surface area contributed by atoms with Crippen molar-refractivity contribution in [1.29, 1.82) is 0 Å². The van der Waals surface area contributed by atoms with E-state index in [1.165, 1.54) is 0 Å². The second kappa shape index (κ2) is 8.29. The molecule has 0 bridgehead atoms. The zero-order valence-corrected chi connectivity index (χ0v) is 14.1. The average molecular weight is 329 g/mol. The van der Waals surface area contributed by atoms with Crippen LogP contribution in [0.2, 0.25) is 0 Å². The molecule has 0 amide bonds. The van der Waals surface area contributed by atoms with Crippen molar-refractivity contribution in [2.45, 2.75) is 39.5 Å². The Hall–Kier alpha value is -2.63. The highest BCUT2D eigenvalue weighted by molar-refractivity contribution is 6.00. The highest BCUT2D eigenvalue weighted by atomic mass is 16.3. The number of nitrogens with one attached hydrogen (secondary N) is 1. The fraction of sp³-hybridized carbons (Fsp3) is 0.389. The maximum atomic E-state index is 12.1. The number of H-pyrrole nitrogens is 1. The molecule has 0 aliphatic rings. The number of benzene rings is 1. The van der Waals surface area contributed by atoms with Gasteiger partial charge in [-0.2, -0.15) is 0 Å². The van der Waals surface area contributed by atoms with Crippen LogP contribution in [-0.2, 0) is 0 Å². The van der Waals surface area contributed by atoms with E-state index in [1.54, 1.807) is 37.3 Å². The Bertz CT molecular complexity index is 820. The van der Waals surface area contributed by atoms with E-state index in [2.05, 4.69) is 16.9 Å². The fourth-order valence-electron chi connectivity index (χ4n) is 2.53. The summed E-state index contributed by atoms with van der Waals surface area (Å²) in [7, 11) is 0. The molecule has 0 aliphatic heterocycles. The van der Waals surface area contributed by atoms with Crippen molar-refractivity contribution in [3.05, 3.63) is 56.7 Å². The molecule has 128 valence electrons. The van der Waals surface area contributed by atoms with Crippen molar-refractivity contribution in [2.24, 2.45) is 4.99 Å². The molecule has 6 heteroatoms. The maximum absolute atomic E-state index is 12.1. The third kappa shape index (κ3) is 4.01. The third-order valence-electron chi connectivity index (χ3n) is 3.82. The highest BCUT2D eigenvalue weighted by Gasteiger charge is 2.17. The largest absolute Gasteiger partial charge is 0.493 e. The molecule has 1 aromatic heterocycles. The molecule has 0 saturated heterocycles. The Balaban J connectivity index is 2.39. The van der Waals surface area contributed by atoms with Crippen LogP contribution >= 0.6 is 0 Å². The fourth-order valence-corrected chi connectivity index (χ4v) is 2.53. The average Bonchev–Trinajstić information content (AvgIpc) is 2.55. The van der Waals surface area contributed by atoms with Crippen LogP contribution in [0.25, 0.3) is 5.69 Å². The van der Waals surface area contributed by atoms with E-state index >= 15 is 0 Å². The first-order valence-corrected chi connectivity index (χ1v) is 8.21. The van der Waals surface area contributed by atoms with Gasteiger partial charge in [0.2, 0.25) is 5.88 Å². The van der Waals surface area contributed by atoms with E-state index in [9.17, 15) is 14.7 Å². The van der Waals surface area contributed by atoms with Gasteiger partial charge in [0.1, 0.15) is 5.56 Å². The minimum absolute atomic E-state index is 0.0361. The monoisotopic (exact) mass is 329 g/mol. The summed E-state index contributed by atoms with van der Waals surface area (Å²) in [5.41, 5.74) is -0.361. The van der Waals surface area contributed by atoms with Crippen molar-refractivity contribution in [3.8, 4) is 11.6 Å². The quantitative estimate of drug-likeness (QED) is 0.604. The zero-order chi connectivity index (χ0) is 17.5. The normalized spacial score (nSPS) is 11.7. The number of hydrogen-bond acceptors (Lipinski definition) is 4. The first-order valence-electron chi connectivity index (χ1n) is 8.21. The number of para-hydroxylation sites is 1. The van der Waals surface area contributed by atoms with Gasteiger partial charge in [0.25, 0.3) is 5.56 Å². The Morgan fingerprint density at radius 2 is 1.88 bits per heavy atom. The number of hydrogen-bond donors (Lipinski definition) is 2. The van der Waals surface area contributed by atoms with Crippen LogP contribution in [-0.4, -0.2) is 26.9 Å². The lowest BCUT2D eigenvalue weighted by Crippen LogP contribution is -2.32. The van der Waals surface area contributed by atoms with Crippen molar-refractivity contribution >= 4 is 5.71 Å². The molecule has 2 rings (SSSR count). The van der Waals surface area contributed by atoms with Crippen molar-refractivity contribution in [3.63, 3.8) is 0 Å². The Labute approximate surface area is 140 Å². The van der Waals surface area contributed by atoms with Crippen molar-refractivity contribution < 1.29 is 5.11 Å². The molecule has 0 unspecified atom stereocenters. The van der Waals surface area contributed by atoms with Crippen LogP contribution in [0.5, 0.6) is 5.88 Å². The summed E-state index contributed by atoms with van der Waals surface area (Å²) in [4.78, 5) is 30.8. The van der Waals surface area contributed by atoms with Gasteiger partial charge in [-0.15, -0.1) is 0 Å². The Morgan fingerprint density at radius 3 is 2.54 bits per heavy atom. The van der Waals surface area contributed by atoms with E-state index < -0.39 is 11.2 Å². The van der Waals surface area contributed by atoms with E-state index in [-0.39, 0.29) is 11.4 Å².